The highest BCUT2D eigenvalue weighted by molar-refractivity contribution is 6.42. The molecule has 3 rings (SSSR count). The number of hydrogen-bond acceptors (Lipinski definition) is 1. The fraction of sp³-hybridized carbons (Fsp3) is 0.571. The molecule has 0 unspecified atom stereocenters. The van der Waals surface area contributed by atoms with Gasteiger partial charge in [-0.05, 0) is 43.0 Å². The van der Waals surface area contributed by atoms with Gasteiger partial charge < -0.3 is 4.90 Å². The molecule has 0 radical (unpaired) electrons. The molecule has 0 bridgehead atoms. The molecule has 1 aromatic rings. The van der Waals surface area contributed by atoms with Gasteiger partial charge in [-0.3, -0.25) is 0 Å². The fourth-order valence-corrected chi connectivity index (χ4v) is 3.62. The number of halogens is 2. The van der Waals surface area contributed by atoms with Crippen LogP contribution in [0, 0.1) is 5.92 Å². The quantitative estimate of drug-likeness (QED) is 0.803. The summed E-state index contributed by atoms with van der Waals surface area (Å²) in [5.74, 6) is 0.839. The monoisotopic (exact) mass is 269 g/mol. The number of likely N-dealkylation sites (tertiary alicyclic amines) is 1. The van der Waals surface area contributed by atoms with Gasteiger partial charge >= 0.3 is 0 Å². The number of hydrogen-bond donors (Lipinski definition) is 0. The maximum Gasteiger partial charge on any atom is 0.0595 e. The smallest absolute Gasteiger partial charge is 0.0595 e. The second-order valence-corrected chi connectivity index (χ2v) is 6.24. The first-order chi connectivity index (χ1) is 8.15. The van der Waals surface area contributed by atoms with Crippen molar-refractivity contribution < 1.29 is 0 Å². The lowest BCUT2D eigenvalue weighted by molar-refractivity contribution is 0.299. The van der Waals surface area contributed by atoms with E-state index < -0.39 is 0 Å². The van der Waals surface area contributed by atoms with Crippen LogP contribution in [-0.2, 0) is 5.41 Å². The van der Waals surface area contributed by atoms with Crippen molar-refractivity contribution in [2.75, 3.05) is 19.6 Å². The van der Waals surface area contributed by atoms with Crippen LogP contribution < -0.4 is 0 Å². The van der Waals surface area contributed by atoms with Crippen LogP contribution in [0.5, 0.6) is 0 Å². The number of nitrogens with zero attached hydrogens (tertiary/aromatic N) is 1. The molecule has 17 heavy (non-hydrogen) atoms. The predicted molar refractivity (Wildman–Crippen MR) is 73.0 cm³/mol. The summed E-state index contributed by atoms with van der Waals surface area (Å²) in [6.45, 7) is 5.92. The summed E-state index contributed by atoms with van der Waals surface area (Å²) < 4.78 is 0. The highest BCUT2D eigenvalue weighted by Gasteiger charge is 2.60. The maximum absolute atomic E-state index is 6.12. The number of rotatable bonds is 3. The van der Waals surface area contributed by atoms with Gasteiger partial charge in [0, 0.05) is 18.5 Å². The van der Waals surface area contributed by atoms with Gasteiger partial charge in [-0.2, -0.15) is 0 Å². The average Bonchev–Trinajstić information content (AvgIpc) is 2.87. The third-order valence-electron chi connectivity index (χ3n) is 4.25. The van der Waals surface area contributed by atoms with Crippen LogP contribution >= 0.6 is 23.2 Å². The second-order valence-electron chi connectivity index (χ2n) is 5.42. The molecule has 1 aromatic carbocycles. The molecule has 2 fully saturated rings. The third-order valence-corrected chi connectivity index (χ3v) is 4.99. The van der Waals surface area contributed by atoms with Crippen molar-refractivity contribution in [1.82, 2.24) is 4.90 Å². The molecule has 0 spiro atoms. The number of benzene rings is 1. The fourth-order valence-electron chi connectivity index (χ4n) is 3.33. The minimum absolute atomic E-state index is 0.392. The van der Waals surface area contributed by atoms with E-state index in [0.717, 1.165) is 5.92 Å². The van der Waals surface area contributed by atoms with Crippen LogP contribution in [0.4, 0.5) is 0 Å². The summed E-state index contributed by atoms with van der Waals surface area (Å²) in [4.78, 5) is 2.58. The standard InChI is InChI=1S/C14H17Cl2N/c1-2-5-17-8-11-7-14(11,9-17)10-3-4-12(15)13(16)6-10/h3-4,6,11H,2,5,7-9H2,1H3/t11-,14-/m0/s1. The molecule has 1 saturated carbocycles. The zero-order valence-corrected chi connectivity index (χ0v) is 11.6. The highest BCUT2D eigenvalue weighted by Crippen LogP contribution is 2.59. The normalized spacial score (nSPS) is 31.6. The topological polar surface area (TPSA) is 3.24 Å². The Kier molecular flexibility index (Phi) is 2.89. The van der Waals surface area contributed by atoms with Gasteiger partial charge in [0.2, 0.25) is 0 Å². The van der Waals surface area contributed by atoms with Crippen molar-refractivity contribution in [3.63, 3.8) is 0 Å². The molecular formula is C14H17Cl2N. The first kappa shape index (κ1) is 11.8. The molecule has 0 N–H and O–H groups in total. The highest BCUT2D eigenvalue weighted by atomic mass is 35.5. The summed E-state index contributed by atoms with van der Waals surface area (Å²) >= 11 is 12.1. The van der Waals surface area contributed by atoms with Crippen molar-refractivity contribution in [2.24, 2.45) is 5.92 Å². The van der Waals surface area contributed by atoms with E-state index in [1.165, 1.54) is 38.0 Å². The lowest BCUT2D eigenvalue weighted by Crippen LogP contribution is -2.27. The number of piperidine rings is 1. The van der Waals surface area contributed by atoms with E-state index in [0.29, 0.717) is 15.5 Å². The van der Waals surface area contributed by atoms with Gasteiger partial charge in [0.1, 0.15) is 0 Å². The molecule has 2 aliphatic rings. The number of fused-ring (bicyclic) bond motifs is 1. The van der Waals surface area contributed by atoms with Gasteiger partial charge in [0.25, 0.3) is 0 Å². The molecule has 1 saturated heterocycles. The van der Waals surface area contributed by atoms with Crippen LogP contribution in [-0.4, -0.2) is 24.5 Å². The van der Waals surface area contributed by atoms with Gasteiger partial charge in [-0.1, -0.05) is 36.2 Å². The van der Waals surface area contributed by atoms with Gasteiger partial charge in [-0.25, -0.2) is 0 Å². The summed E-state index contributed by atoms with van der Waals surface area (Å²) in [7, 11) is 0. The molecule has 1 aliphatic carbocycles. The molecule has 2 atom stereocenters. The van der Waals surface area contributed by atoms with Crippen molar-refractivity contribution in [3.8, 4) is 0 Å². The molecular weight excluding hydrogens is 253 g/mol. The SMILES string of the molecule is CCCN1C[C@@H]2C[C@@]2(c2ccc(Cl)c(Cl)c2)C1. The predicted octanol–water partition coefficient (Wildman–Crippen LogP) is 3.98. The van der Waals surface area contributed by atoms with E-state index in [2.05, 4.69) is 24.0 Å². The van der Waals surface area contributed by atoms with Crippen LogP contribution in [0.3, 0.4) is 0 Å². The lowest BCUT2D eigenvalue weighted by atomic mass is 9.95. The van der Waals surface area contributed by atoms with E-state index in [9.17, 15) is 0 Å². The Balaban J connectivity index is 1.83. The summed E-state index contributed by atoms with van der Waals surface area (Å²) in [5.41, 5.74) is 1.78. The first-order valence-electron chi connectivity index (χ1n) is 6.33. The van der Waals surface area contributed by atoms with Crippen LogP contribution in [0.1, 0.15) is 25.3 Å². The molecule has 1 heterocycles. The van der Waals surface area contributed by atoms with Crippen molar-refractivity contribution in [3.05, 3.63) is 33.8 Å². The third kappa shape index (κ3) is 1.89. The molecule has 92 valence electrons. The molecule has 0 amide bonds. The zero-order valence-electron chi connectivity index (χ0n) is 10.0. The molecule has 0 aromatic heterocycles. The Morgan fingerprint density at radius 1 is 1.35 bits per heavy atom. The molecule has 1 aliphatic heterocycles. The minimum atomic E-state index is 0.392. The Morgan fingerprint density at radius 2 is 2.18 bits per heavy atom. The summed E-state index contributed by atoms with van der Waals surface area (Å²) in [6, 6.07) is 6.16. The van der Waals surface area contributed by atoms with Crippen LogP contribution in [0.25, 0.3) is 0 Å². The zero-order chi connectivity index (χ0) is 12.0. The van der Waals surface area contributed by atoms with Gasteiger partial charge in [0.05, 0.1) is 10.0 Å². The van der Waals surface area contributed by atoms with E-state index in [4.69, 9.17) is 23.2 Å². The van der Waals surface area contributed by atoms with E-state index in [1.807, 2.05) is 6.07 Å². The second kappa shape index (κ2) is 4.15. The minimum Gasteiger partial charge on any atom is -0.302 e. The molecule has 3 heteroatoms. The first-order valence-corrected chi connectivity index (χ1v) is 7.09. The van der Waals surface area contributed by atoms with Crippen LogP contribution in [0.2, 0.25) is 10.0 Å². The largest absolute Gasteiger partial charge is 0.302 e. The summed E-state index contributed by atoms with van der Waals surface area (Å²) in [6.07, 6.45) is 2.56. The van der Waals surface area contributed by atoms with E-state index in [-0.39, 0.29) is 0 Å². The van der Waals surface area contributed by atoms with Crippen molar-refractivity contribution in [2.45, 2.75) is 25.2 Å². The van der Waals surface area contributed by atoms with Crippen molar-refractivity contribution >= 4 is 23.2 Å². The van der Waals surface area contributed by atoms with Gasteiger partial charge in [0.15, 0.2) is 0 Å². The maximum atomic E-state index is 6.12. The molecule has 1 nitrogen and oxygen atoms in total. The Bertz CT molecular complexity index is 446. The van der Waals surface area contributed by atoms with Crippen LogP contribution in [0.15, 0.2) is 18.2 Å². The Hall–Kier alpha value is -0.240. The summed E-state index contributed by atoms with van der Waals surface area (Å²) in [5, 5.41) is 1.35. The lowest BCUT2D eigenvalue weighted by Gasteiger charge is -2.20. The van der Waals surface area contributed by atoms with Gasteiger partial charge in [-0.15, -0.1) is 0 Å². The van der Waals surface area contributed by atoms with E-state index in [1.54, 1.807) is 0 Å². The Morgan fingerprint density at radius 3 is 2.88 bits per heavy atom. The Labute approximate surface area is 113 Å². The average molecular weight is 270 g/mol. The van der Waals surface area contributed by atoms with E-state index >= 15 is 0 Å². The van der Waals surface area contributed by atoms with Crippen molar-refractivity contribution in [1.29, 1.82) is 0 Å².